The number of anilines is 1. The van der Waals surface area contributed by atoms with Gasteiger partial charge in [0.2, 0.25) is 0 Å². The highest BCUT2D eigenvalue weighted by molar-refractivity contribution is 7.82. The molecule has 2 nitrogen and oxygen atoms in total. The van der Waals surface area contributed by atoms with Crippen molar-refractivity contribution in [3.05, 3.63) is 62.3 Å². The minimum absolute atomic E-state index is 0.00311. The zero-order valence-electron chi connectivity index (χ0n) is 11.4. The molecule has 0 radical (unpaired) electrons. The topological polar surface area (TPSA) is 29.3 Å². The molecule has 2 aromatic carbocycles. The number of thiocarbonyl (C=S) groups is 2. The second-order valence-electron chi connectivity index (χ2n) is 4.44. The standard InChI is InChI=1S/C14H6Cl3F3N2S2/c15-5-1-7(16)12(8(17)2-5)22(14(21)24)13(23)11-9(19)3-6(18)4-10(11)20/h1-4H,(H2,21,24). The van der Waals surface area contributed by atoms with Gasteiger partial charge in [0.1, 0.15) is 22.4 Å². The number of benzene rings is 2. The average molecular weight is 430 g/mol. The van der Waals surface area contributed by atoms with Gasteiger partial charge < -0.3 is 5.73 Å². The predicted octanol–water partition coefficient (Wildman–Crippen LogP) is 5.49. The molecule has 0 unspecified atom stereocenters. The molecule has 0 saturated heterocycles. The first-order valence-corrected chi connectivity index (χ1v) is 8.01. The summed E-state index contributed by atoms with van der Waals surface area (Å²) in [6.45, 7) is 0. The Kier molecular flexibility index (Phi) is 5.93. The molecule has 0 saturated carbocycles. The Morgan fingerprint density at radius 3 is 1.79 bits per heavy atom. The first kappa shape index (κ1) is 19.2. The van der Waals surface area contributed by atoms with Gasteiger partial charge in [-0.2, -0.15) is 0 Å². The third-order valence-electron chi connectivity index (χ3n) is 2.85. The summed E-state index contributed by atoms with van der Waals surface area (Å²) in [5, 5.41) is -0.132. The van der Waals surface area contributed by atoms with Crippen LogP contribution in [0.3, 0.4) is 0 Å². The van der Waals surface area contributed by atoms with Gasteiger partial charge in [0.15, 0.2) is 5.11 Å². The molecule has 24 heavy (non-hydrogen) atoms. The van der Waals surface area contributed by atoms with E-state index < -0.39 is 28.0 Å². The molecule has 2 N–H and O–H groups in total. The molecule has 0 atom stereocenters. The molecule has 0 fully saturated rings. The van der Waals surface area contributed by atoms with Gasteiger partial charge in [-0.3, -0.25) is 4.90 Å². The van der Waals surface area contributed by atoms with Crippen molar-refractivity contribution >= 4 is 75.0 Å². The van der Waals surface area contributed by atoms with Crippen molar-refractivity contribution in [3.63, 3.8) is 0 Å². The van der Waals surface area contributed by atoms with E-state index in [0.29, 0.717) is 12.1 Å². The summed E-state index contributed by atoms with van der Waals surface area (Å²) in [5.41, 5.74) is 4.92. The molecule has 0 aliphatic carbocycles. The van der Waals surface area contributed by atoms with Crippen molar-refractivity contribution in [1.82, 2.24) is 0 Å². The van der Waals surface area contributed by atoms with E-state index >= 15 is 0 Å². The van der Waals surface area contributed by atoms with Crippen LogP contribution in [0.25, 0.3) is 0 Å². The summed E-state index contributed by atoms with van der Waals surface area (Å²) in [6.07, 6.45) is 0. The van der Waals surface area contributed by atoms with Crippen LogP contribution in [0, 0.1) is 17.5 Å². The van der Waals surface area contributed by atoms with Gasteiger partial charge in [0.25, 0.3) is 0 Å². The fourth-order valence-corrected chi connectivity index (χ4v) is 3.53. The van der Waals surface area contributed by atoms with Crippen LogP contribution < -0.4 is 10.6 Å². The second kappa shape index (κ2) is 7.41. The highest BCUT2D eigenvalue weighted by atomic mass is 35.5. The van der Waals surface area contributed by atoms with E-state index in [2.05, 4.69) is 0 Å². The first-order valence-electron chi connectivity index (χ1n) is 6.06. The van der Waals surface area contributed by atoms with E-state index in [1.165, 1.54) is 12.1 Å². The molecule has 0 aromatic heterocycles. The molecule has 0 bridgehead atoms. The monoisotopic (exact) mass is 428 g/mol. The first-order chi connectivity index (χ1) is 11.1. The minimum Gasteiger partial charge on any atom is -0.376 e. The van der Waals surface area contributed by atoms with Gasteiger partial charge >= 0.3 is 0 Å². The van der Waals surface area contributed by atoms with Crippen LogP contribution in [0.2, 0.25) is 15.1 Å². The Bertz CT molecular complexity index is 815. The zero-order chi connectivity index (χ0) is 18.2. The van der Waals surface area contributed by atoms with E-state index in [-0.39, 0.29) is 25.9 Å². The van der Waals surface area contributed by atoms with Crippen LogP contribution in [-0.2, 0) is 0 Å². The summed E-state index contributed by atoms with van der Waals surface area (Å²) >= 11 is 27.9. The van der Waals surface area contributed by atoms with Crippen molar-refractivity contribution in [2.75, 3.05) is 4.90 Å². The highest BCUT2D eigenvalue weighted by Gasteiger charge is 2.27. The molecule has 126 valence electrons. The summed E-state index contributed by atoms with van der Waals surface area (Å²) in [4.78, 5) is 0.439. The van der Waals surface area contributed by atoms with E-state index in [1.54, 1.807) is 0 Å². The molecule has 0 spiro atoms. The fourth-order valence-electron chi connectivity index (χ4n) is 1.92. The molecular formula is C14H6Cl3F3N2S2. The van der Waals surface area contributed by atoms with E-state index in [1.807, 2.05) is 0 Å². The van der Waals surface area contributed by atoms with Gasteiger partial charge in [0.05, 0.1) is 21.3 Å². The second-order valence-corrected chi connectivity index (χ2v) is 6.50. The molecular weight excluding hydrogens is 424 g/mol. The van der Waals surface area contributed by atoms with Crippen LogP contribution in [0.4, 0.5) is 18.9 Å². The van der Waals surface area contributed by atoms with Crippen LogP contribution in [-0.4, -0.2) is 10.1 Å². The van der Waals surface area contributed by atoms with Crippen molar-refractivity contribution < 1.29 is 13.2 Å². The number of hydrogen-bond acceptors (Lipinski definition) is 2. The smallest absolute Gasteiger partial charge is 0.176 e. The predicted molar refractivity (Wildman–Crippen MR) is 98.8 cm³/mol. The molecule has 0 aliphatic heterocycles. The molecule has 0 heterocycles. The Hall–Kier alpha value is -1.12. The normalized spacial score (nSPS) is 10.6. The lowest BCUT2D eigenvalue weighted by Crippen LogP contribution is -2.41. The number of halogens is 6. The van der Waals surface area contributed by atoms with Crippen molar-refractivity contribution in [3.8, 4) is 0 Å². The maximum atomic E-state index is 14.0. The quantitative estimate of drug-likeness (QED) is 0.639. The lowest BCUT2D eigenvalue weighted by Gasteiger charge is -2.26. The van der Waals surface area contributed by atoms with Gasteiger partial charge in [0, 0.05) is 17.2 Å². The van der Waals surface area contributed by atoms with Crippen molar-refractivity contribution in [2.45, 2.75) is 0 Å². The summed E-state index contributed by atoms with van der Waals surface area (Å²) < 4.78 is 41.1. The van der Waals surface area contributed by atoms with E-state index in [0.717, 1.165) is 4.90 Å². The Balaban J connectivity index is 2.66. The maximum absolute atomic E-state index is 14.0. The van der Waals surface area contributed by atoms with Gasteiger partial charge in [-0.05, 0) is 24.4 Å². The largest absolute Gasteiger partial charge is 0.376 e. The minimum atomic E-state index is -1.22. The highest BCUT2D eigenvalue weighted by Crippen LogP contribution is 2.38. The summed E-state index contributed by atoms with van der Waals surface area (Å²) in [5.74, 6) is -3.54. The third kappa shape index (κ3) is 3.75. The third-order valence-corrected chi connectivity index (χ3v) is 4.21. The van der Waals surface area contributed by atoms with Crippen LogP contribution >= 0.6 is 59.2 Å². The fraction of sp³-hybridized carbons (Fsp3) is 0. The molecule has 0 amide bonds. The maximum Gasteiger partial charge on any atom is 0.176 e. The average Bonchev–Trinajstić information content (AvgIpc) is 2.40. The number of rotatable bonds is 2. The van der Waals surface area contributed by atoms with Crippen LogP contribution in [0.5, 0.6) is 0 Å². The van der Waals surface area contributed by atoms with Gasteiger partial charge in [-0.15, -0.1) is 0 Å². The van der Waals surface area contributed by atoms with E-state index in [9.17, 15) is 13.2 Å². The molecule has 10 heteroatoms. The summed E-state index contributed by atoms with van der Waals surface area (Å²) in [6, 6.07) is 3.62. The van der Waals surface area contributed by atoms with Gasteiger partial charge in [-0.25, -0.2) is 13.2 Å². The van der Waals surface area contributed by atoms with Crippen LogP contribution in [0.1, 0.15) is 5.56 Å². The van der Waals surface area contributed by atoms with E-state index in [4.69, 9.17) is 65.0 Å². The van der Waals surface area contributed by atoms with Crippen molar-refractivity contribution in [2.24, 2.45) is 5.73 Å². The zero-order valence-corrected chi connectivity index (χ0v) is 15.3. The lowest BCUT2D eigenvalue weighted by atomic mass is 10.1. The van der Waals surface area contributed by atoms with Crippen LogP contribution in [0.15, 0.2) is 24.3 Å². The molecule has 2 aromatic rings. The number of hydrogen-bond donors (Lipinski definition) is 1. The Labute approximate surface area is 160 Å². The van der Waals surface area contributed by atoms with Crippen molar-refractivity contribution in [1.29, 1.82) is 0 Å². The molecule has 0 aliphatic rings. The number of nitrogens with two attached hydrogens (primary N) is 1. The SMILES string of the molecule is NC(=S)N(C(=S)c1c(F)cc(F)cc1F)c1c(Cl)cc(Cl)cc1Cl. The Morgan fingerprint density at radius 1 is 0.917 bits per heavy atom. The summed E-state index contributed by atoms with van der Waals surface area (Å²) in [7, 11) is 0. The molecule has 2 rings (SSSR count). The number of nitrogens with zero attached hydrogens (tertiary/aromatic N) is 1. The Morgan fingerprint density at radius 2 is 1.38 bits per heavy atom. The lowest BCUT2D eigenvalue weighted by molar-refractivity contribution is 0.540. The van der Waals surface area contributed by atoms with Gasteiger partial charge in [-0.1, -0.05) is 47.0 Å².